The summed E-state index contributed by atoms with van der Waals surface area (Å²) in [6.45, 7) is 2.49. The summed E-state index contributed by atoms with van der Waals surface area (Å²) < 4.78 is 30.1. The number of anilines is 1. The summed E-state index contributed by atoms with van der Waals surface area (Å²) in [7, 11) is -3.30. The first-order valence-corrected chi connectivity index (χ1v) is 11.4. The van der Waals surface area contributed by atoms with Crippen LogP contribution < -0.4 is 9.64 Å². The van der Waals surface area contributed by atoms with Crippen LogP contribution in [0.5, 0.6) is 5.75 Å². The molecule has 0 radical (unpaired) electrons. The maximum atomic E-state index is 13.3. The molecule has 4 rings (SSSR count). The molecule has 2 amide bonds. The Labute approximate surface area is 173 Å². The van der Waals surface area contributed by atoms with Crippen LogP contribution in [0.15, 0.2) is 48.5 Å². The number of non-ortho nitro benzene ring substituents is 1. The summed E-state index contributed by atoms with van der Waals surface area (Å²) >= 11 is 0. The van der Waals surface area contributed by atoms with Crippen LogP contribution in [0.1, 0.15) is 12.5 Å². The molecule has 2 aromatic carbocycles. The Morgan fingerprint density at radius 2 is 1.83 bits per heavy atom. The average molecular weight is 431 g/mol. The van der Waals surface area contributed by atoms with E-state index in [2.05, 4.69) is 0 Å². The normalized spacial score (nSPS) is 22.2. The minimum absolute atomic E-state index is 0.0712. The highest BCUT2D eigenvalue weighted by molar-refractivity contribution is 7.91. The fourth-order valence-corrected chi connectivity index (χ4v) is 6.05. The Balaban J connectivity index is 1.65. The second-order valence-corrected chi connectivity index (χ2v) is 9.50. The number of nitrogens with zero attached hydrogens (tertiary/aromatic N) is 3. The number of amides is 2. The van der Waals surface area contributed by atoms with E-state index in [1.165, 1.54) is 21.9 Å². The molecule has 2 atom stereocenters. The molecule has 2 aliphatic rings. The maximum Gasteiger partial charge on any atom is 0.325 e. The standard InChI is InChI=1S/C20H21N3O6S/c1-2-29-17-8-6-15(7-9-17)22-19-13-30(27,28)12-18(19)21(20(22)24)11-14-4-3-5-16(10-14)23(25)26/h3-10,18-19H,2,11-13H2,1H3/t18-,19-/m0/s1. The SMILES string of the molecule is CCOc1ccc(N2C(=O)N(Cc3cccc([N+](=O)[O-])c3)[C@H]3CS(=O)(=O)C[C@@H]32)cc1. The third-order valence-electron chi connectivity index (χ3n) is 5.38. The fraction of sp³-hybridized carbons (Fsp3) is 0.350. The molecule has 0 N–H and O–H groups in total. The number of hydrogen-bond donors (Lipinski definition) is 0. The predicted octanol–water partition coefficient (Wildman–Crippen LogP) is 2.60. The summed E-state index contributed by atoms with van der Waals surface area (Å²) in [5, 5.41) is 11.1. The van der Waals surface area contributed by atoms with Crippen LogP contribution in [0, 0.1) is 10.1 Å². The van der Waals surface area contributed by atoms with Gasteiger partial charge in [0.15, 0.2) is 9.84 Å². The van der Waals surface area contributed by atoms with E-state index in [0.29, 0.717) is 23.6 Å². The largest absolute Gasteiger partial charge is 0.494 e. The molecule has 2 aromatic rings. The monoisotopic (exact) mass is 431 g/mol. The highest BCUT2D eigenvalue weighted by atomic mass is 32.2. The Bertz CT molecular complexity index is 1090. The van der Waals surface area contributed by atoms with E-state index in [1.807, 2.05) is 6.92 Å². The lowest BCUT2D eigenvalue weighted by molar-refractivity contribution is -0.384. The van der Waals surface area contributed by atoms with E-state index in [1.54, 1.807) is 36.4 Å². The lowest BCUT2D eigenvalue weighted by atomic mass is 10.1. The number of ether oxygens (including phenoxy) is 1. The Morgan fingerprint density at radius 1 is 1.13 bits per heavy atom. The zero-order chi connectivity index (χ0) is 21.5. The van der Waals surface area contributed by atoms with Gasteiger partial charge in [-0.2, -0.15) is 0 Å². The van der Waals surface area contributed by atoms with E-state index in [4.69, 9.17) is 4.74 Å². The van der Waals surface area contributed by atoms with Crippen molar-refractivity contribution in [2.75, 3.05) is 23.0 Å². The minimum atomic E-state index is -3.30. The summed E-state index contributed by atoms with van der Waals surface area (Å²) in [4.78, 5) is 26.8. The molecule has 0 unspecified atom stereocenters. The van der Waals surface area contributed by atoms with Crippen molar-refractivity contribution in [3.05, 3.63) is 64.2 Å². The molecule has 0 bridgehead atoms. The first-order chi connectivity index (χ1) is 14.3. The molecule has 2 heterocycles. The van der Waals surface area contributed by atoms with Crippen molar-refractivity contribution < 1.29 is 22.9 Å². The highest BCUT2D eigenvalue weighted by Crippen LogP contribution is 2.36. The van der Waals surface area contributed by atoms with Crippen LogP contribution in [0.2, 0.25) is 0 Å². The summed E-state index contributed by atoms with van der Waals surface area (Å²) in [5.41, 5.74) is 1.10. The predicted molar refractivity (Wildman–Crippen MR) is 110 cm³/mol. The number of sulfone groups is 1. The molecule has 2 saturated heterocycles. The van der Waals surface area contributed by atoms with Gasteiger partial charge in [-0.05, 0) is 36.8 Å². The molecule has 2 fully saturated rings. The van der Waals surface area contributed by atoms with Gasteiger partial charge in [0.2, 0.25) is 0 Å². The molecule has 158 valence electrons. The third kappa shape index (κ3) is 3.70. The lowest BCUT2D eigenvalue weighted by Gasteiger charge is -2.23. The molecule has 30 heavy (non-hydrogen) atoms. The van der Waals surface area contributed by atoms with Crippen LogP contribution in [0.4, 0.5) is 16.2 Å². The molecule has 0 saturated carbocycles. The summed E-state index contributed by atoms with van der Waals surface area (Å²) in [6, 6.07) is 11.7. The minimum Gasteiger partial charge on any atom is -0.494 e. The quantitative estimate of drug-likeness (QED) is 0.395. The van der Waals surface area contributed by atoms with Gasteiger partial charge in [-0.3, -0.25) is 15.0 Å². The lowest BCUT2D eigenvalue weighted by Crippen LogP contribution is -2.37. The van der Waals surface area contributed by atoms with Gasteiger partial charge in [-0.1, -0.05) is 12.1 Å². The molecule has 0 aliphatic carbocycles. The molecule has 9 nitrogen and oxygen atoms in total. The highest BCUT2D eigenvalue weighted by Gasteiger charge is 2.53. The molecule has 0 aromatic heterocycles. The van der Waals surface area contributed by atoms with Gasteiger partial charge < -0.3 is 9.64 Å². The molecular formula is C20H21N3O6S. The van der Waals surface area contributed by atoms with Crippen molar-refractivity contribution in [2.24, 2.45) is 0 Å². The third-order valence-corrected chi connectivity index (χ3v) is 7.08. The van der Waals surface area contributed by atoms with Gasteiger partial charge in [0.25, 0.3) is 5.69 Å². The number of hydrogen-bond acceptors (Lipinski definition) is 6. The number of nitro benzene ring substituents is 1. The van der Waals surface area contributed by atoms with Gasteiger partial charge in [0, 0.05) is 24.4 Å². The van der Waals surface area contributed by atoms with Crippen molar-refractivity contribution in [3.63, 3.8) is 0 Å². The van der Waals surface area contributed by atoms with E-state index >= 15 is 0 Å². The molecule has 10 heteroatoms. The average Bonchev–Trinajstić information content (AvgIpc) is 3.13. The number of urea groups is 1. The smallest absolute Gasteiger partial charge is 0.325 e. The second-order valence-electron chi connectivity index (χ2n) is 7.35. The molecular weight excluding hydrogens is 410 g/mol. The second kappa shape index (κ2) is 7.60. The zero-order valence-corrected chi connectivity index (χ0v) is 17.1. The van der Waals surface area contributed by atoms with Gasteiger partial charge in [0.1, 0.15) is 5.75 Å². The van der Waals surface area contributed by atoms with Crippen LogP contribution >= 0.6 is 0 Å². The van der Waals surface area contributed by atoms with Gasteiger partial charge >= 0.3 is 6.03 Å². The number of carbonyl (C=O) groups excluding carboxylic acids is 1. The van der Waals surface area contributed by atoms with Crippen LogP contribution in [0.25, 0.3) is 0 Å². The van der Waals surface area contributed by atoms with Crippen LogP contribution in [0.3, 0.4) is 0 Å². The van der Waals surface area contributed by atoms with Crippen molar-refractivity contribution in [1.82, 2.24) is 4.90 Å². The van der Waals surface area contributed by atoms with Crippen molar-refractivity contribution in [3.8, 4) is 5.75 Å². The van der Waals surface area contributed by atoms with Gasteiger partial charge in [-0.15, -0.1) is 0 Å². The first-order valence-electron chi connectivity index (χ1n) is 9.55. The topological polar surface area (TPSA) is 110 Å². The van der Waals surface area contributed by atoms with E-state index in [9.17, 15) is 23.3 Å². The number of benzene rings is 2. The maximum absolute atomic E-state index is 13.3. The Kier molecular flexibility index (Phi) is 5.10. The van der Waals surface area contributed by atoms with Crippen molar-refractivity contribution >= 4 is 27.2 Å². The van der Waals surface area contributed by atoms with Crippen LogP contribution in [-0.2, 0) is 16.4 Å². The fourth-order valence-electron chi connectivity index (χ4n) is 4.10. The first kappa shape index (κ1) is 20.1. The molecule has 0 spiro atoms. The van der Waals surface area contributed by atoms with Gasteiger partial charge in [-0.25, -0.2) is 13.2 Å². The van der Waals surface area contributed by atoms with Crippen molar-refractivity contribution in [2.45, 2.75) is 25.6 Å². The number of carbonyl (C=O) groups is 1. The van der Waals surface area contributed by atoms with Gasteiger partial charge in [0.05, 0.1) is 35.1 Å². The molecule has 2 aliphatic heterocycles. The van der Waals surface area contributed by atoms with Crippen LogP contribution in [-0.4, -0.2) is 54.5 Å². The number of nitro groups is 1. The van der Waals surface area contributed by atoms with Crippen molar-refractivity contribution in [1.29, 1.82) is 0 Å². The summed E-state index contributed by atoms with van der Waals surface area (Å²) in [6.07, 6.45) is 0. The summed E-state index contributed by atoms with van der Waals surface area (Å²) in [5.74, 6) is 0.436. The number of fused-ring (bicyclic) bond motifs is 1. The van der Waals surface area contributed by atoms with E-state index < -0.39 is 26.8 Å². The zero-order valence-electron chi connectivity index (χ0n) is 16.3. The Hall–Kier alpha value is -3.14. The number of rotatable bonds is 6. The van der Waals surface area contributed by atoms with E-state index in [0.717, 1.165) is 0 Å². The Morgan fingerprint density at radius 3 is 2.50 bits per heavy atom. The van der Waals surface area contributed by atoms with E-state index in [-0.39, 0.29) is 29.8 Å².